The fourth-order valence-electron chi connectivity index (χ4n) is 4.29. The molecule has 0 radical (unpaired) electrons. The first-order valence-electron chi connectivity index (χ1n) is 11.9. The Morgan fingerprint density at radius 1 is 1.09 bits per heavy atom. The van der Waals surface area contributed by atoms with E-state index in [1.54, 1.807) is 12.1 Å². The summed E-state index contributed by atoms with van der Waals surface area (Å²) in [7, 11) is -3.63. The molecule has 0 aliphatic carbocycles. The summed E-state index contributed by atoms with van der Waals surface area (Å²) < 4.78 is 39.5. The lowest BCUT2D eigenvalue weighted by molar-refractivity contribution is -0.117. The maximum Gasteiger partial charge on any atom is 0.243 e. The molecule has 1 fully saturated rings. The minimum absolute atomic E-state index is 0.125. The highest BCUT2D eigenvalue weighted by Gasteiger charge is 2.27. The van der Waals surface area contributed by atoms with Gasteiger partial charge in [-0.2, -0.15) is 4.31 Å². The van der Waals surface area contributed by atoms with Crippen LogP contribution in [-0.4, -0.2) is 62.4 Å². The van der Waals surface area contributed by atoms with Gasteiger partial charge in [0.25, 0.3) is 0 Å². The van der Waals surface area contributed by atoms with Crippen molar-refractivity contribution in [2.24, 2.45) is 0 Å². The van der Waals surface area contributed by atoms with Crippen molar-refractivity contribution < 1.29 is 22.7 Å². The number of para-hydroxylation sites is 1. The minimum Gasteiger partial charge on any atom is -0.492 e. The average molecular weight is 488 g/mol. The normalized spacial score (nSPS) is 17.5. The molecule has 8 nitrogen and oxygen atoms in total. The minimum atomic E-state index is -3.63. The first kappa shape index (κ1) is 24.5. The smallest absolute Gasteiger partial charge is 0.243 e. The Bertz CT molecular complexity index is 1110. The maximum atomic E-state index is 13.2. The lowest BCUT2D eigenvalue weighted by Gasteiger charge is -2.26. The number of piperidine rings is 1. The third-order valence-electron chi connectivity index (χ3n) is 5.94. The van der Waals surface area contributed by atoms with Crippen LogP contribution in [0.4, 0.5) is 5.69 Å². The number of nitrogens with zero attached hydrogens (tertiary/aromatic N) is 2. The van der Waals surface area contributed by atoms with Gasteiger partial charge in [-0.3, -0.25) is 9.69 Å². The quantitative estimate of drug-likeness (QED) is 0.643. The molecule has 1 saturated heterocycles. The number of hydrogen-bond acceptors (Lipinski definition) is 6. The zero-order valence-electron chi connectivity index (χ0n) is 19.8. The number of ether oxygens (including phenoxy) is 2. The molecule has 2 aliphatic rings. The van der Waals surface area contributed by atoms with E-state index in [0.717, 1.165) is 30.6 Å². The number of rotatable bonds is 7. The fraction of sp³-hybridized carbons (Fsp3) is 0.480. The molecule has 34 heavy (non-hydrogen) atoms. The van der Waals surface area contributed by atoms with E-state index in [0.29, 0.717) is 44.2 Å². The van der Waals surface area contributed by atoms with Gasteiger partial charge >= 0.3 is 0 Å². The van der Waals surface area contributed by atoms with Gasteiger partial charge < -0.3 is 14.8 Å². The van der Waals surface area contributed by atoms with Crippen LogP contribution in [0.25, 0.3) is 0 Å². The standard InChI is InChI=1S/C25H33N3O5S/c1-19(2)33-24-11-10-21(34(30,31)28-12-6-3-7-13-28)16-22(24)26-25(29)18-27-14-15-32-23-9-5-4-8-20(23)17-27/h4-5,8-11,16,19H,3,6-7,12-15,17-18H2,1-2H3,(H,26,29). The lowest BCUT2D eigenvalue weighted by Crippen LogP contribution is -2.36. The van der Waals surface area contributed by atoms with Crippen molar-refractivity contribution in [2.75, 3.05) is 38.1 Å². The summed E-state index contributed by atoms with van der Waals surface area (Å²) in [5.41, 5.74) is 1.40. The molecule has 184 valence electrons. The van der Waals surface area contributed by atoms with Crippen LogP contribution in [0, 0.1) is 0 Å². The molecule has 1 N–H and O–H groups in total. The number of benzene rings is 2. The number of sulfonamides is 1. The van der Waals surface area contributed by atoms with Gasteiger partial charge in [-0.15, -0.1) is 0 Å². The van der Waals surface area contributed by atoms with E-state index in [1.807, 2.05) is 43.0 Å². The predicted octanol–water partition coefficient (Wildman–Crippen LogP) is 3.48. The molecule has 2 aromatic carbocycles. The van der Waals surface area contributed by atoms with E-state index in [-0.39, 0.29) is 23.5 Å². The number of hydrogen-bond donors (Lipinski definition) is 1. The number of fused-ring (bicyclic) bond motifs is 1. The van der Waals surface area contributed by atoms with Crippen LogP contribution in [0.15, 0.2) is 47.4 Å². The summed E-state index contributed by atoms with van der Waals surface area (Å²) in [5, 5.41) is 2.89. The van der Waals surface area contributed by atoms with Crippen molar-refractivity contribution in [2.45, 2.75) is 50.7 Å². The molecule has 2 heterocycles. The second-order valence-corrected chi connectivity index (χ2v) is 10.9. The average Bonchev–Trinajstić information content (AvgIpc) is 3.02. The molecule has 4 rings (SSSR count). The zero-order chi connectivity index (χ0) is 24.1. The molecule has 0 atom stereocenters. The van der Waals surface area contributed by atoms with Crippen LogP contribution < -0.4 is 14.8 Å². The largest absolute Gasteiger partial charge is 0.492 e. The molecule has 2 aliphatic heterocycles. The van der Waals surface area contributed by atoms with Gasteiger partial charge in [0, 0.05) is 31.7 Å². The predicted molar refractivity (Wildman–Crippen MR) is 131 cm³/mol. The Balaban J connectivity index is 1.52. The summed E-state index contributed by atoms with van der Waals surface area (Å²) in [6.45, 7) is 6.68. The second kappa shape index (κ2) is 10.8. The summed E-state index contributed by atoms with van der Waals surface area (Å²) >= 11 is 0. The Morgan fingerprint density at radius 3 is 2.62 bits per heavy atom. The van der Waals surface area contributed by atoms with E-state index in [4.69, 9.17) is 9.47 Å². The van der Waals surface area contributed by atoms with Crippen LogP contribution >= 0.6 is 0 Å². The van der Waals surface area contributed by atoms with Gasteiger partial charge in [0.1, 0.15) is 18.1 Å². The van der Waals surface area contributed by atoms with Crippen LogP contribution in [0.1, 0.15) is 38.7 Å². The van der Waals surface area contributed by atoms with E-state index < -0.39 is 10.0 Å². The third kappa shape index (κ3) is 5.89. The summed E-state index contributed by atoms with van der Waals surface area (Å²) in [6, 6.07) is 12.5. The second-order valence-electron chi connectivity index (χ2n) is 9.00. The lowest BCUT2D eigenvalue weighted by atomic mass is 10.2. The summed E-state index contributed by atoms with van der Waals surface area (Å²) in [4.78, 5) is 15.2. The Labute approximate surface area is 201 Å². The number of nitrogens with one attached hydrogen (secondary N) is 1. The van der Waals surface area contributed by atoms with E-state index >= 15 is 0 Å². The van der Waals surface area contributed by atoms with Crippen molar-refractivity contribution in [3.8, 4) is 11.5 Å². The highest BCUT2D eigenvalue weighted by molar-refractivity contribution is 7.89. The van der Waals surface area contributed by atoms with Crippen molar-refractivity contribution in [1.29, 1.82) is 0 Å². The molecule has 0 aromatic heterocycles. The molecular formula is C25H33N3O5S. The monoisotopic (exact) mass is 487 g/mol. The molecule has 0 saturated carbocycles. The molecule has 1 amide bonds. The van der Waals surface area contributed by atoms with Gasteiger partial charge in [-0.05, 0) is 51.0 Å². The summed E-state index contributed by atoms with van der Waals surface area (Å²) in [5.74, 6) is 1.06. The molecule has 0 spiro atoms. The van der Waals surface area contributed by atoms with Gasteiger partial charge in [0.05, 0.1) is 23.2 Å². The number of anilines is 1. The number of amides is 1. The molecule has 0 bridgehead atoms. The van der Waals surface area contributed by atoms with Gasteiger partial charge in [0.2, 0.25) is 15.9 Å². The number of carbonyl (C=O) groups excluding carboxylic acids is 1. The number of carbonyl (C=O) groups is 1. The van der Waals surface area contributed by atoms with Crippen LogP contribution in [0.5, 0.6) is 11.5 Å². The Hall–Kier alpha value is -2.62. The molecule has 0 unspecified atom stereocenters. The zero-order valence-corrected chi connectivity index (χ0v) is 20.6. The molecule has 2 aromatic rings. The highest BCUT2D eigenvalue weighted by atomic mass is 32.2. The Morgan fingerprint density at radius 2 is 1.85 bits per heavy atom. The van der Waals surface area contributed by atoms with Crippen LogP contribution in [0.2, 0.25) is 0 Å². The van der Waals surface area contributed by atoms with Gasteiger partial charge in [-0.1, -0.05) is 24.6 Å². The van der Waals surface area contributed by atoms with Crippen molar-refractivity contribution in [1.82, 2.24) is 9.21 Å². The van der Waals surface area contributed by atoms with Crippen LogP contribution in [0.3, 0.4) is 0 Å². The topological polar surface area (TPSA) is 88.2 Å². The highest BCUT2D eigenvalue weighted by Crippen LogP contribution is 2.31. The van der Waals surface area contributed by atoms with E-state index in [2.05, 4.69) is 5.32 Å². The fourth-order valence-corrected chi connectivity index (χ4v) is 5.83. The first-order chi connectivity index (χ1) is 16.3. The summed E-state index contributed by atoms with van der Waals surface area (Å²) in [6.07, 6.45) is 2.64. The van der Waals surface area contributed by atoms with E-state index in [9.17, 15) is 13.2 Å². The van der Waals surface area contributed by atoms with Crippen molar-refractivity contribution >= 4 is 21.6 Å². The third-order valence-corrected chi connectivity index (χ3v) is 7.83. The van der Waals surface area contributed by atoms with Gasteiger partial charge in [-0.25, -0.2) is 8.42 Å². The van der Waals surface area contributed by atoms with Crippen LogP contribution in [-0.2, 0) is 21.4 Å². The Kier molecular flexibility index (Phi) is 7.75. The maximum absolute atomic E-state index is 13.2. The SMILES string of the molecule is CC(C)Oc1ccc(S(=O)(=O)N2CCCCC2)cc1NC(=O)CN1CCOc2ccccc2C1. The van der Waals surface area contributed by atoms with Gasteiger partial charge in [0.15, 0.2) is 0 Å². The van der Waals surface area contributed by atoms with Crippen molar-refractivity contribution in [3.05, 3.63) is 48.0 Å². The van der Waals surface area contributed by atoms with Crippen molar-refractivity contribution in [3.63, 3.8) is 0 Å². The molecular weight excluding hydrogens is 454 g/mol. The first-order valence-corrected chi connectivity index (χ1v) is 13.3. The van der Waals surface area contributed by atoms with E-state index in [1.165, 1.54) is 10.4 Å². The molecule has 9 heteroatoms.